The van der Waals surface area contributed by atoms with Crippen molar-refractivity contribution in [1.29, 1.82) is 0 Å². The predicted octanol–water partition coefficient (Wildman–Crippen LogP) is 13.3. The van der Waals surface area contributed by atoms with Gasteiger partial charge in [-0.3, -0.25) is 0 Å². The van der Waals surface area contributed by atoms with Crippen molar-refractivity contribution in [3.05, 3.63) is 71.4 Å². The summed E-state index contributed by atoms with van der Waals surface area (Å²) in [4.78, 5) is 0. The summed E-state index contributed by atoms with van der Waals surface area (Å²) in [6.07, 6.45) is 31.7. The maximum Gasteiger partial charge on any atom is 0.0553 e. The second kappa shape index (κ2) is 12.5. The van der Waals surface area contributed by atoms with Gasteiger partial charge in [0.05, 0.1) is 8.07 Å². The summed E-state index contributed by atoms with van der Waals surface area (Å²) in [5.41, 5.74) is 7.52. The third-order valence-corrected chi connectivity index (χ3v) is 20.0. The monoisotopic (exact) mass is 639 g/mol. The molecule has 0 radical (unpaired) electrons. The molecular formula is C45H70Si. The minimum atomic E-state index is -1.67. The van der Waals surface area contributed by atoms with Crippen LogP contribution in [-0.4, -0.2) is 8.07 Å². The molecule has 2 saturated carbocycles. The molecule has 0 saturated heterocycles. The number of allylic oxidation sites excluding steroid dienone is 12. The van der Waals surface area contributed by atoms with Gasteiger partial charge in [0.1, 0.15) is 0 Å². The lowest BCUT2D eigenvalue weighted by Crippen LogP contribution is -2.47. The summed E-state index contributed by atoms with van der Waals surface area (Å²) in [5, 5.41) is 0. The van der Waals surface area contributed by atoms with Gasteiger partial charge in [-0.1, -0.05) is 136 Å². The molecule has 0 aromatic rings. The van der Waals surface area contributed by atoms with E-state index >= 15 is 0 Å². The minimum Gasteiger partial charge on any atom is -0.0876 e. The van der Waals surface area contributed by atoms with Crippen LogP contribution >= 0.6 is 0 Å². The zero-order valence-corrected chi connectivity index (χ0v) is 32.9. The van der Waals surface area contributed by atoms with E-state index in [0.717, 1.165) is 64.3 Å². The van der Waals surface area contributed by atoms with Crippen molar-refractivity contribution < 1.29 is 0 Å². The lowest BCUT2D eigenvalue weighted by Gasteiger charge is -2.48. The maximum atomic E-state index is 2.88. The number of rotatable bonds is 5. The van der Waals surface area contributed by atoms with Crippen molar-refractivity contribution in [2.24, 2.45) is 75.9 Å². The topological polar surface area (TPSA) is 0 Å². The number of hydrogen-bond donors (Lipinski definition) is 0. The molecule has 0 bridgehead atoms. The van der Waals surface area contributed by atoms with Crippen LogP contribution in [0.5, 0.6) is 0 Å². The first-order valence-corrected chi connectivity index (χ1v) is 22.7. The molecular weight excluding hydrogens is 569 g/mol. The van der Waals surface area contributed by atoms with Gasteiger partial charge in [0.25, 0.3) is 0 Å². The Kier molecular flexibility index (Phi) is 9.39. The molecule has 12 unspecified atom stereocenters. The summed E-state index contributed by atoms with van der Waals surface area (Å²) >= 11 is 0. The highest BCUT2D eigenvalue weighted by atomic mass is 28.3. The van der Waals surface area contributed by atoms with Gasteiger partial charge in [0.15, 0.2) is 0 Å². The van der Waals surface area contributed by atoms with E-state index in [2.05, 4.69) is 137 Å². The Morgan fingerprint density at radius 1 is 0.717 bits per heavy atom. The van der Waals surface area contributed by atoms with Crippen molar-refractivity contribution in [1.82, 2.24) is 0 Å². The molecule has 6 aliphatic carbocycles. The molecule has 0 aromatic heterocycles. The van der Waals surface area contributed by atoms with Crippen molar-refractivity contribution in [3.8, 4) is 0 Å². The van der Waals surface area contributed by atoms with Crippen molar-refractivity contribution in [2.45, 2.75) is 132 Å². The Hall–Kier alpha value is -1.34. The van der Waals surface area contributed by atoms with Gasteiger partial charge in [-0.05, 0) is 144 Å². The molecule has 0 nitrogen and oxygen atoms in total. The van der Waals surface area contributed by atoms with E-state index in [9.17, 15) is 0 Å². The van der Waals surface area contributed by atoms with Crippen molar-refractivity contribution >= 4 is 8.07 Å². The van der Waals surface area contributed by atoms with E-state index in [1.807, 2.05) is 0 Å². The van der Waals surface area contributed by atoms with Crippen molar-refractivity contribution in [3.63, 3.8) is 0 Å². The van der Waals surface area contributed by atoms with E-state index in [4.69, 9.17) is 0 Å². The highest BCUT2D eigenvalue weighted by Gasteiger charge is 2.60. The van der Waals surface area contributed by atoms with E-state index in [1.165, 1.54) is 38.5 Å². The third-order valence-electron chi connectivity index (χ3n) is 14.8. The second-order valence-corrected chi connectivity index (χ2v) is 25.3. The van der Waals surface area contributed by atoms with Crippen LogP contribution < -0.4 is 0 Å². The van der Waals surface area contributed by atoms with E-state index in [-0.39, 0.29) is 0 Å². The molecule has 0 aliphatic heterocycles. The van der Waals surface area contributed by atoms with Crippen LogP contribution in [0.2, 0.25) is 24.2 Å². The van der Waals surface area contributed by atoms with E-state index < -0.39 is 8.07 Å². The molecule has 0 aromatic carbocycles. The van der Waals surface area contributed by atoms with Crippen LogP contribution in [0.1, 0.15) is 108 Å². The summed E-state index contributed by atoms with van der Waals surface area (Å²) in [6, 6.07) is 0. The van der Waals surface area contributed by atoms with Gasteiger partial charge in [0, 0.05) is 0 Å². The smallest absolute Gasteiger partial charge is 0.0553 e. The van der Waals surface area contributed by atoms with Crippen LogP contribution in [0.3, 0.4) is 0 Å². The number of fused-ring (bicyclic) bond motifs is 2. The van der Waals surface area contributed by atoms with Crippen LogP contribution in [0, 0.1) is 75.9 Å². The van der Waals surface area contributed by atoms with Crippen molar-refractivity contribution in [2.75, 3.05) is 0 Å². The van der Waals surface area contributed by atoms with Gasteiger partial charge < -0.3 is 0 Å². The molecule has 6 aliphatic rings. The lowest BCUT2D eigenvalue weighted by molar-refractivity contribution is 0.283. The van der Waals surface area contributed by atoms with Gasteiger partial charge in [0.2, 0.25) is 0 Å². The molecule has 2 fully saturated rings. The minimum absolute atomic E-state index is 0.351. The fourth-order valence-corrected chi connectivity index (χ4v) is 18.8. The standard InChI is InChI=1S/C45H70Si/c1-28(2)37-27-40-35(31-16-20-33(21-17-31)44(5,6)7)14-13-15-36(40)43(37)46(11,12)42-30(4)26-39-38(24-29(3)25-41(39)42)32-18-22-34(23-19-32)45(8,9)10/h13,15-20,22,25,28,30,33-43H,14,21,23-24,26-27H2,1-12H3. The first-order valence-electron chi connectivity index (χ1n) is 19.6. The van der Waals surface area contributed by atoms with Gasteiger partial charge in [-0.25, -0.2) is 0 Å². The fraction of sp³-hybridized carbons (Fsp3) is 0.733. The highest BCUT2D eigenvalue weighted by molar-refractivity contribution is 6.80. The molecule has 46 heavy (non-hydrogen) atoms. The molecule has 254 valence electrons. The van der Waals surface area contributed by atoms with Gasteiger partial charge in [-0.2, -0.15) is 0 Å². The van der Waals surface area contributed by atoms with Gasteiger partial charge >= 0.3 is 0 Å². The van der Waals surface area contributed by atoms with Gasteiger partial charge in [-0.15, -0.1) is 0 Å². The first kappa shape index (κ1) is 34.5. The molecule has 0 amide bonds. The molecule has 12 atom stereocenters. The highest BCUT2D eigenvalue weighted by Crippen LogP contribution is 2.66. The third kappa shape index (κ3) is 6.27. The average Bonchev–Trinajstić information content (AvgIpc) is 3.54. The molecule has 0 N–H and O–H groups in total. The quantitative estimate of drug-likeness (QED) is 0.208. The Labute approximate surface area is 286 Å². The second-order valence-electron chi connectivity index (χ2n) is 20.3. The van der Waals surface area contributed by atoms with Crippen LogP contribution in [-0.2, 0) is 0 Å². The van der Waals surface area contributed by atoms with Crippen LogP contribution in [0.25, 0.3) is 0 Å². The molecule has 1 heteroatoms. The summed E-state index contributed by atoms with van der Waals surface area (Å²) in [5.74, 6) is 8.47. The Bertz CT molecular complexity index is 1310. The fourth-order valence-electron chi connectivity index (χ4n) is 12.4. The Balaban J connectivity index is 1.27. The first-order chi connectivity index (χ1) is 21.5. The summed E-state index contributed by atoms with van der Waals surface area (Å²) < 4.78 is 0. The summed E-state index contributed by atoms with van der Waals surface area (Å²) in [6.45, 7) is 30.5. The molecule has 6 rings (SSSR count). The average molecular weight is 639 g/mol. The van der Waals surface area contributed by atoms with E-state index in [1.54, 1.807) is 16.7 Å². The molecule has 0 spiro atoms. The Morgan fingerprint density at radius 2 is 1.28 bits per heavy atom. The van der Waals surface area contributed by atoms with E-state index in [0.29, 0.717) is 22.7 Å². The summed E-state index contributed by atoms with van der Waals surface area (Å²) in [7, 11) is -1.67. The SMILES string of the molecule is CC1=CC2C(CC(C)C2[Si](C)(C)C2C3C=CCC(C4=CCC(C(C)(C)C)C=C4)C3CC2C(C)C)C(C2=CCC(C(C)(C)C)C=C2)C1. The lowest BCUT2D eigenvalue weighted by atomic mass is 9.69. The maximum absolute atomic E-state index is 2.88. The number of hydrogen-bond acceptors (Lipinski definition) is 0. The molecule has 0 heterocycles. The zero-order valence-electron chi connectivity index (χ0n) is 31.9. The van der Waals surface area contributed by atoms with Crippen LogP contribution in [0.4, 0.5) is 0 Å². The zero-order chi connectivity index (χ0) is 33.3. The largest absolute Gasteiger partial charge is 0.0876 e. The normalized spacial score (nSPS) is 41.3. The van der Waals surface area contributed by atoms with Crippen LogP contribution in [0.15, 0.2) is 71.4 Å². The Morgan fingerprint density at radius 3 is 1.80 bits per heavy atom. The predicted molar refractivity (Wildman–Crippen MR) is 204 cm³/mol.